The first-order valence-corrected chi connectivity index (χ1v) is 10.7. The molecule has 0 radical (unpaired) electrons. The van der Waals surface area contributed by atoms with Crippen molar-refractivity contribution < 1.29 is 18.7 Å². The molecule has 8 nitrogen and oxygen atoms in total. The standard InChI is InChI=1S/C23H24N4O4/c1-26-9-10-30-20-5-3-15(11-18(20)26)21(28)24-16-4-6-19-17(12-16)25-22(31-19)27-8-2-7-23(27)13-29-14-23/h3-6,11-12H,2,7-10,13-14H2,1H3,(H,24,28). The van der Waals surface area contributed by atoms with Crippen molar-refractivity contribution in [3.63, 3.8) is 0 Å². The Balaban J connectivity index is 1.24. The molecule has 0 aliphatic carbocycles. The third kappa shape index (κ3) is 3.01. The lowest BCUT2D eigenvalue weighted by Crippen LogP contribution is -2.59. The summed E-state index contributed by atoms with van der Waals surface area (Å²) in [6, 6.07) is 11.7. The van der Waals surface area contributed by atoms with E-state index in [1.807, 2.05) is 37.4 Å². The zero-order valence-corrected chi connectivity index (χ0v) is 17.4. The Hall–Kier alpha value is -3.26. The van der Waals surface area contributed by atoms with Crippen molar-refractivity contribution in [2.45, 2.75) is 18.4 Å². The number of fused-ring (bicyclic) bond motifs is 2. The molecule has 3 aromatic rings. The molecule has 4 heterocycles. The Kier molecular flexibility index (Phi) is 4.11. The van der Waals surface area contributed by atoms with Crippen LogP contribution in [0.1, 0.15) is 23.2 Å². The van der Waals surface area contributed by atoms with E-state index in [1.165, 1.54) is 0 Å². The van der Waals surface area contributed by atoms with E-state index in [2.05, 4.69) is 15.1 Å². The quantitative estimate of drug-likeness (QED) is 0.697. The van der Waals surface area contributed by atoms with E-state index in [4.69, 9.17) is 18.9 Å². The molecule has 8 heteroatoms. The molecule has 31 heavy (non-hydrogen) atoms. The van der Waals surface area contributed by atoms with Crippen LogP contribution in [0.5, 0.6) is 5.75 Å². The normalized spacial score (nSPS) is 19.3. The Labute approximate surface area is 179 Å². The van der Waals surface area contributed by atoms with Crippen LogP contribution >= 0.6 is 0 Å². The first kappa shape index (κ1) is 18.5. The Bertz CT molecular complexity index is 1170. The average Bonchev–Trinajstić information content (AvgIpc) is 3.37. The van der Waals surface area contributed by atoms with Gasteiger partial charge in [-0.3, -0.25) is 4.79 Å². The summed E-state index contributed by atoms with van der Waals surface area (Å²) in [5.74, 6) is 0.633. The summed E-state index contributed by atoms with van der Waals surface area (Å²) in [5.41, 5.74) is 3.68. The fraction of sp³-hybridized carbons (Fsp3) is 0.391. The van der Waals surface area contributed by atoms with Gasteiger partial charge in [0.15, 0.2) is 5.58 Å². The molecular weight excluding hydrogens is 396 g/mol. The van der Waals surface area contributed by atoms with Crippen LogP contribution < -0.4 is 19.9 Å². The van der Waals surface area contributed by atoms with Crippen molar-refractivity contribution in [1.82, 2.24) is 4.98 Å². The number of amides is 1. The zero-order valence-electron chi connectivity index (χ0n) is 17.4. The Morgan fingerprint density at radius 3 is 2.90 bits per heavy atom. The number of nitrogens with one attached hydrogen (secondary N) is 1. The molecule has 2 saturated heterocycles. The highest BCUT2D eigenvalue weighted by atomic mass is 16.5. The summed E-state index contributed by atoms with van der Waals surface area (Å²) in [4.78, 5) is 21.9. The fourth-order valence-corrected chi connectivity index (χ4v) is 4.68. The second kappa shape index (κ2) is 6.88. The van der Waals surface area contributed by atoms with Gasteiger partial charge in [0.2, 0.25) is 0 Å². The van der Waals surface area contributed by atoms with Crippen molar-refractivity contribution in [3.05, 3.63) is 42.0 Å². The van der Waals surface area contributed by atoms with Crippen LogP contribution in [0, 0.1) is 0 Å². The molecule has 160 valence electrons. The maximum atomic E-state index is 12.9. The van der Waals surface area contributed by atoms with Gasteiger partial charge >= 0.3 is 0 Å². The number of anilines is 3. The molecule has 0 unspecified atom stereocenters. The van der Waals surface area contributed by atoms with Crippen molar-refractivity contribution in [1.29, 1.82) is 0 Å². The molecule has 1 spiro atoms. The minimum atomic E-state index is -0.171. The topological polar surface area (TPSA) is 80.1 Å². The highest BCUT2D eigenvalue weighted by Gasteiger charge is 2.49. The van der Waals surface area contributed by atoms with E-state index in [1.54, 1.807) is 6.07 Å². The first-order chi connectivity index (χ1) is 15.1. The zero-order chi connectivity index (χ0) is 21.0. The predicted octanol–water partition coefficient (Wildman–Crippen LogP) is 3.28. The number of rotatable bonds is 3. The molecule has 0 saturated carbocycles. The molecular formula is C23H24N4O4. The Morgan fingerprint density at radius 2 is 2.06 bits per heavy atom. The van der Waals surface area contributed by atoms with E-state index < -0.39 is 0 Å². The largest absolute Gasteiger partial charge is 0.490 e. The molecule has 1 aromatic heterocycles. The van der Waals surface area contributed by atoms with Gasteiger partial charge in [-0.2, -0.15) is 4.98 Å². The monoisotopic (exact) mass is 420 g/mol. The van der Waals surface area contributed by atoms with Crippen LogP contribution in [0.3, 0.4) is 0 Å². The predicted molar refractivity (Wildman–Crippen MR) is 117 cm³/mol. The number of ether oxygens (including phenoxy) is 2. The summed E-state index contributed by atoms with van der Waals surface area (Å²) in [5, 5.41) is 2.98. The molecule has 0 bridgehead atoms. The molecule has 0 atom stereocenters. The highest BCUT2D eigenvalue weighted by molar-refractivity contribution is 6.05. The summed E-state index contributed by atoms with van der Waals surface area (Å²) in [7, 11) is 2.00. The van der Waals surface area contributed by atoms with Crippen LogP contribution in [0.4, 0.5) is 17.4 Å². The van der Waals surface area contributed by atoms with Gasteiger partial charge in [0.05, 0.1) is 31.0 Å². The van der Waals surface area contributed by atoms with Crippen molar-refractivity contribution in [2.75, 3.05) is 55.1 Å². The molecule has 2 aromatic carbocycles. The summed E-state index contributed by atoms with van der Waals surface area (Å²) in [6.07, 6.45) is 2.22. The highest BCUT2D eigenvalue weighted by Crippen LogP contribution is 2.40. The van der Waals surface area contributed by atoms with Gasteiger partial charge in [0.1, 0.15) is 17.9 Å². The first-order valence-electron chi connectivity index (χ1n) is 10.7. The van der Waals surface area contributed by atoms with E-state index in [0.717, 1.165) is 56.1 Å². The summed E-state index contributed by atoms with van der Waals surface area (Å²) >= 11 is 0. The van der Waals surface area contributed by atoms with E-state index in [9.17, 15) is 4.79 Å². The second-order valence-corrected chi connectivity index (χ2v) is 8.56. The van der Waals surface area contributed by atoms with Crippen LogP contribution in [0.25, 0.3) is 11.1 Å². The van der Waals surface area contributed by atoms with Gasteiger partial charge in [-0.1, -0.05) is 0 Å². The van der Waals surface area contributed by atoms with E-state index in [-0.39, 0.29) is 11.4 Å². The van der Waals surface area contributed by atoms with Crippen molar-refractivity contribution >= 4 is 34.4 Å². The van der Waals surface area contributed by atoms with Crippen LogP contribution in [0.15, 0.2) is 40.8 Å². The molecule has 3 aliphatic rings. The maximum Gasteiger partial charge on any atom is 0.299 e. The van der Waals surface area contributed by atoms with Gasteiger partial charge < -0.3 is 29.0 Å². The lowest BCUT2D eigenvalue weighted by Gasteiger charge is -2.44. The van der Waals surface area contributed by atoms with E-state index >= 15 is 0 Å². The third-order valence-electron chi connectivity index (χ3n) is 6.52. The number of hydrogen-bond donors (Lipinski definition) is 1. The number of likely N-dealkylation sites (N-methyl/N-ethyl adjacent to an activating group) is 1. The molecule has 1 N–H and O–H groups in total. The smallest absolute Gasteiger partial charge is 0.299 e. The summed E-state index contributed by atoms with van der Waals surface area (Å²) < 4.78 is 17.2. The average molecular weight is 420 g/mol. The minimum Gasteiger partial charge on any atom is -0.490 e. The number of oxazole rings is 1. The second-order valence-electron chi connectivity index (χ2n) is 8.56. The minimum absolute atomic E-state index is 0.0429. The SMILES string of the molecule is CN1CCOc2ccc(C(=O)Nc3ccc4oc(N5CCCC56COC6)nc4c3)cc21. The number of hydrogen-bond acceptors (Lipinski definition) is 7. The lowest BCUT2D eigenvalue weighted by atomic mass is 9.94. The van der Waals surface area contributed by atoms with Gasteiger partial charge in [0, 0.05) is 24.8 Å². The van der Waals surface area contributed by atoms with Gasteiger partial charge in [-0.05, 0) is 49.2 Å². The molecule has 2 fully saturated rings. The number of carbonyl (C=O) groups is 1. The third-order valence-corrected chi connectivity index (χ3v) is 6.52. The number of aromatic nitrogens is 1. The molecule has 3 aliphatic heterocycles. The lowest BCUT2D eigenvalue weighted by molar-refractivity contribution is -0.0520. The Morgan fingerprint density at radius 1 is 1.16 bits per heavy atom. The number of benzene rings is 2. The molecule has 6 rings (SSSR count). The number of carbonyl (C=O) groups excluding carboxylic acids is 1. The van der Waals surface area contributed by atoms with Gasteiger partial charge in [-0.15, -0.1) is 0 Å². The van der Waals surface area contributed by atoms with Crippen molar-refractivity contribution in [3.8, 4) is 5.75 Å². The van der Waals surface area contributed by atoms with Gasteiger partial charge in [0.25, 0.3) is 11.9 Å². The van der Waals surface area contributed by atoms with Gasteiger partial charge in [-0.25, -0.2) is 0 Å². The van der Waals surface area contributed by atoms with E-state index in [0.29, 0.717) is 29.5 Å². The van der Waals surface area contributed by atoms with Crippen LogP contribution in [-0.4, -0.2) is 56.4 Å². The molecule has 1 amide bonds. The number of nitrogens with zero attached hydrogens (tertiary/aromatic N) is 3. The van der Waals surface area contributed by atoms with Crippen LogP contribution in [-0.2, 0) is 4.74 Å². The summed E-state index contributed by atoms with van der Waals surface area (Å²) in [6.45, 7) is 3.84. The maximum absolute atomic E-state index is 12.9. The van der Waals surface area contributed by atoms with Crippen LogP contribution in [0.2, 0.25) is 0 Å². The van der Waals surface area contributed by atoms with Crippen molar-refractivity contribution in [2.24, 2.45) is 0 Å². The fourth-order valence-electron chi connectivity index (χ4n) is 4.68.